The lowest BCUT2D eigenvalue weighted by Crippen LogP contribution is -2.45. The lowest BCUT2D eigenvalue weighted by atomic mass is 10.1. The lowest BCUT2D eigenvalue weighted by molar-refractivity contribution is -0.135. The molecule has 1 aromatic heterocycles. The highest BCUT2D eigenvalue weighted by atomic mass is 16.2. The number of aryl methyl sites for hydroxylation is 1. The fourth-order valence-electron chi connectivity index (χ4n) is 2.12. The summed E-state index contributed by atoms with van der Waals surface area (Å²) in [5.41, 5.74) is 0.846. The molecule has 1 aromatic rings. The molecule has 0 fully saturated rings. The molecule has 1 amide bonds. The number of carbonyl (C=O) groups excluding carboxylic acids is 1. The Balaban J connectivity index is 2.76. The van der Waals surface area contributed by atoms with Gasteiger partial charge in [-0.15, -0.1) is 0 Å². The molecule has 0 bridgehead atoms. The Morgan fingerprint density at radius 3 is 2.28 bits per heavy atom. The number of hydrogen-bond donors (Lipinski definition) is 0. The first-order chi connectivity index (χ1) is 8.49. The second kappa shape index (κ2) is 6.57. The van der Waals surface area contributed by atoms with Crippen molar-refractivity contribution >= 4 is 5.91 Å². The average Bonchev–Trinajstić information content (AvgIpc) is 2.74. The molecule has 0 spiro atoms. The van der Waals surface area contributed by atoms with Crippen molar-refractivity contribution in [3.05, 3.63) is 18.0 Å². The number of nitrogens with zero attached hydrogens (tertiary/aromatic N) is 3. The van der Waals surface area contributed by atoms with Crippen molar-refractivity contribution < 1.29 is 4.79 Å². The van der Waals surface area contributed by atoms with Gasteiger partial charge in [0.1, 0.15) is 0 Å². The molecule has 0 aromatic carbocycles. The van der Waals surface area contributed by atoms with Crippen LogP contribution < -0.4 is 0 Å². The van der Waals surface area contributed by atoms with Gasteiger partial charge < -0.3 is 4.90 Å². The van der Waals surface area contributed by atoms with Gasteiger partial charge in [0.05, 0.1) is 12.1 Å². The first kappa shape index (κ1) is 14.7. The van der Waals surface area contributed by atoms with Crippen molar-refractivity contribution in [2.45, 2.75) is 59.0 Å². The summed E-state index contributed by atoms with van der Waals surface area (Å²) in [6, 6.07) is 2.48. The highest BCUT2D eigenvalue weighted by molar-refractivity contribution is 5.78. The summed E-state index contributed by atoms with van der Waals surface area (Å²) in [6.07, 6.45) is 4.24. The van der Waals surface area contributed by atoms with Gasteiger partial charge in [-0.05, 0) is 32.8 Å². The minimum absolute atomic E-state index is 0.178. The summed E-state index contributed by atoms with van der Waals surface area (Å²) in [7, 11) is 1.87. The molecule has 18 heavy (non-hydrogen) atoms. The topological polar surface area (TPSA) is 38.1 Å². The Morgan fingerprint density at radius 2 is 1.89 bits per heavy atom. The number of rotatable bonds is 6. The lowest BCUT2D eigenvalue weighted by Gasteiger charge is -2.34. The van der Waals surface area contributed by atoms with Gasteiger partial charge in [0.2, 0.25) is 5.91 Å². The molecule has 0 aliphatic carbocycles. The molecule has 0 saturated carbocycles. The van der Waals surface area contributed by atoms with Crippen LogP contribution in [0.15, 0.2) is 12.3 Å². The van der Waals surface area contributed by atoms with E-state index in [9.17, 15) is 4.79 Å². The van der Waals surface area contributed by atoms with Crippen molar-refractivity contribution in [3.8, 4) is 0 Å². The van der Waals surface area contributed by atoms with Crippen LogP contribution in [0.1, 0.15) is 46.2 Å². The summed E-state index contributed by atoms with van der Waals surface area (Å²) in [5.74, 6) is 0.178. The van der Waals surface area contributed by atoms with Crippen molar-refractivity contribution in [2.24, 2.45) is 7.05 Å². The Kier molecular flexibility index (Phi) is 5.38. The van der Waals surface area contributed by atoms with Crippen LogP contribution in [0.5, 0.6) is 0 Å². The number of hydrogen-bond acceptors (Lipinski definition) is 2. The third-order valence-electron chi connectivity index (χ3n) is 3.52. The van der Waals surface area contributed by atoms with Crippen molar-refractivity contribution in [1.29, 1.82) is 0 Å². The molecule has 1 rings (SSSR count). The predicted molar refractivity (Wildman–Crippen MR) is 73.3 cm³/mol. The van der Waals surface area contributed by atoms with Crippen molar-refractivity contribution in [2.75, 3.05) is 0 Å². The average molecular weight is 251 g/mol. The third-order valence-corrected chi connectivity index (χ3v) is 3.52. The van der Waals surface area contributed by atoms with Gasteiger partial charge in [0.25, 0.3) is 0 Å². The van der Waals surface area contributed by atoms with Crippen molar-refractivity contribution in [3.63, 3.8) is 0 Å². The van der Waals surface area contributed by atoms with E-state index in [1.54, 1.807) is 4.68 Å². The van der Waals surface area contributed by atoms with Gasteiger partial charge in [0.15, 0.2) is 0 Å². The summed E-state index contributed by atoms with van der Waals surface area (Å²) in [6.45, 7) is 8.47. The smallest absolute Gasteiger partial charge is 0.229 e. The molecule has 0 saturated heterocycles. The summed E-state index contributed by atoms with van der Waals surface area (Å²) >= 11 is 0. The van der Waals surface area contributed by atoms with E-state index in [0.29, 0.717) is 6.42 Å². The van der Waals surface area contributed by atoms with E-state index < -0.39 is 0 Å². The second-order valence-corrected chi connectivity index (χ2v) is 4.97. The van der Waals surface area contributed by atoms with E-state index in [2.05, 4.69) is 32.8 Å². The van der Waals surface area contributed by atoms with E-state index in [0.717, 1.165) is 18.5 Å². The fourth-order valence-corrected chi connectivity index (χ4v) is 2.12. The van der Waals surface area contributed by atoms with Crippen LogP contribution >= 0.6 is 0 Å². The summed E-state index contributed by atoms with van der Waals surface area (Å²) in [4.78, 5) is 14.4. The Labute approximate surface area is 110 Å². The largest absolute Gasteiger partial charge is 0.337 e. The maximum atomic E-state index is 12.4. The van der Waals surface area contributed by atoms with Gasteiger partial charge in [0, 0.05) is 25.3 Å². The van der Waals surface area contributed by atoms with Crippen molar-refractivity contribution in [1.82, 2.24) is 14.7 Å². The molecule has 1 heterocycles. The van der Waals surface area contributed by atoms with E-state index in [1.165, 1.54) is 0 Å². The molecule has 0 aliphatic heterocycles. The highest BCUT2D eigenvalue weighted by Crippen LogP contribution is 2.14. The van der Waals surface area contributed by atoms with Crippen LogP contribution in [0, 0.1) is 0 Å². The first-order valence-electron chi connectivity index (χ1n) is 6.79. The Morgan fingerprint density at radius 1 is 1.33 bits per heavy atom. The molecule has 4 heteroatoms. The zero-order valence-electron chi connectivity index (χ0n) is 12.2. The van der Waals surface area contributed by atoms with Crippen LogP contribution in [-0.4, -0.2) is 32.7 Å². The van der Waals surface area contributed by atoms with E-state index in [-0.39, 0.29) is 18.0 Å². The zero-order valence-corrected chi connectivity index (χ0v) is 12.2. The van der Waals surface area contributed by atoms with Gasteiger partial charge in [-0.2, -0.15) is 5.10 Å². The molecule has 0 N–H and O–H groups in total. The predicted octanol–water partition coefficient (Wildman–Crippen LogP) is 2.39. The van der Waals surface area contributed by atoms with Gasteiger partial charge in [-0.3, -0.25) is 9.48 Å². The normalized spacial score (nSPS) is 14.3. The Hall–Kier alpha value is -1.32. The molecule has 4 nitrogen and oxygen atoms in total. The molecule has 2 atom stereocenters. The zero-order chi connectivity index (χ0) is 13.7. The number of amides is 1. The van der Waals surface area contributed by atoms with E-state index in [1.807, 2.05) is 24.2 Å². The molecule has 102 valence electrons. The van der Waals surface area contributed by atoms with Crippen LogP contribution in [0.25, 0.3) is 0 Å². The standard InChI is InChI=1S/C14H25N3O/c1-6-11(3)17(12(4)7-2)14(18)10-13-8-9-16(5)15-13/h8-9,11-12H,6-7,10H2,1-5H3/t11-,12-/m1/s1. The number of carbonyl (C=O) groups is 1. The van der Waals surface area contributed by atoms with Gasteiger partial charge >= 0.3 is 0 Å². The summed E-state index contributed by atoms with van der Waals surface area (Å²) in [5, 5.41) is 4.27. The van der Waals surface area contributed by atoms with Gasteiger partial charge in [-0.1, -0.05) is 13.8 Å². The Bertz CT molecular complexity index is 376. The minimum Gasteiger partial charge on any atom is -0.337 e. The van der Waals surface area contributed by atoms with Crippen LogP contribution in [-0.2, 0) is 18.3 Å². The highest BCUT2D eigenvalue weighted by Gasteiger charge is 2.23. The first-order valence-corrected chi connectivity index (χ1v) is 6.79. The molecule has 0 unspecified atom stereocenters. The molecular weight excluding hydrogens is 226 g/mol. The second-order valence-electron chi connectivity index (χ2n) is 4.97. The maximum Gasteiger partial charge on any atom is 0.229 e. The quantitative estimate of drug-likeness (QED) is 0.778. The van der Waals surface area contributed by atoms with Gasteiger partial charge in [-0.25, -0.2) is 0 Å². The van der Waals surface area contributed by atoms with Crippen LogP contribution in [0.2, 0.25) is 0 Å². The fraction of sp³-hybridized carbons (Fsp3) is 0.714. The number of aromatic nitrogens is 2. The van der Waals surface area contributed by atoms with Crippen LogP contribution in [0.3, 0.4) is 0 Å². The van der Waals surface area contributed by atoms with Crippen LogP contribution in [0.4, 0.5) is 0 Å². The third kappa shape index (κ3) is 3.59. The molecular formula is C14H25N3O. The SMILES string of the molecule is CC[C@@H](C)N(C(=O)Cc1ccn(C)n1)[C@H](C)CC. The van der Waals surface area contributed by atoms with E-state index >= 15 is 0 Å². The van der Waals surface area contributed by atoms with E-state index in [4.69, 9.17) is 0 Å². The molecule has 0 radical (unpaired) electrons. The summed E-state index contributed by atoms with van der Waals surface area (Å²) < 4.78 is 1.74. The minimum atomic E-state index is 0.178. The molecule has 0 aliphatic rings. The maximum absolute atomic E-state index is 12.4. The monoisotopic (exact) mass is 251 g/mol.